The van der Waals surface area contributed by atoms with Crippen LogP contribution in [0.15, 0.2) is 12.1 Å². The molecule has 2 rings (SSSR count). The number of aryl methyl sites for hydroxylation is 1. The third kappa shape index (κ3) is 4.17. The van der Waals surface area contributed by atoms with E-state index in [1.807, 2.05) is 20.0 Å². The molecule has 0 saturated carbocycles. The van der Waals surface area contributed by atoms with Crippen LogP contribution < -0.4 is 10.6 Å². The van der Waals surface area contributed by atoms with Crippen molar-refractivity contribution in [3.8, 4) is 0 Å². The van der Waals surface area contributed by atoms with Crippen LogP contribution in [-0.4, -0.2) is 36.7 Å². The number of carbonyl (C=O) groups is 1. The minimum atomic E-state index is -0.221. The first-order valence-electron chi connectivity index (χ1n) is 7.67. The van der Waals surface area contributed by atoms with Crippen LogP contribution in [0.4, 0.5) is 5.82 Å². The van der Waals surface area contributed by atoms with E-state index in [4.69, 9.17) is 4.74 Å². The van der Waals surface area contributed by atoms with Crippen molar-refractivity contribution in [2.45, 2.75) is 45.1 Å². The molecule has 0 bridgehead atoms. The number of aromatic nitrogens is 1. The Morgan fingerprint density at radius 3 is 2.90 bits per heavy atom. The summed E-state index contributed by atoms with van der Waals surface area (Å²) in [5, 5.41) is 5.99. The highest BCUT2D eigenvalue weighted by Crippen LogP contribution is 2.24. The molecule has 2 N–H and O–H groups in total. The molecule has 21 heavy (non-hydrogen) atoms. The second kappa shape index (κ2) is 6.89. The molecular formula is C16H25N3O2. The van der Waals surface area contributed by atoms with E-state index < -0.39 is 0 Å². The molecule has 1 aliphatic heterocycles. The molecule has 1 amide bonds. The van der Waals surface area contributed by atoms with E-state index in [0.717, 1.165) is 43.8 Å². The van der Waals surface area contributed by atoms with Crippen molar-refractivity contribution >= 4 is 11.7 Å². The average Bonchev–Trinajstić information content (AvgIpc) is 2.92. The normalized spacial score (nSPS) is 21.3. The van der Waals surface area contributed by atoms with Crippen molar-refractivity contribution in [3.05, 3.63) is 23.4 Å². The number of ether oxygens (including phenoxy) is 1. The number of anilines is 1. The Balaban J connectivity index is 2.05. The van der Waals surface area contributed by atoms with Gasteiger partial charge in [-0.25, -0.2) is 4.98 Å². The molecule has 0 aliphatic carbocycles. The second-order valence-corrected chi connectivity index (χ2v) is 5.82. The largest absolute Gasteiger partial charge is 0.373 e. The summed E-state index contributed by atoms with van der Waals surface area (Å²) < 4.78 is 5.69. The number of nitrogens with zero attached hydrogens (tertiary/aromatic N) is 1. The Hall–Kier alpha value is -1.62. The Kier molecular flexibility index (Phi) is 5.17. The number of carbonyl (C=O) groups excluding carboxylic acids is 1. The maximum atomic E-state index is 12.3. The number of rotatable bonds is 6. The molecule has 0 radical (unpaired) electrons. The Morgan fingerprint density at radius 1 is 1.48 bits per heavy atom. The number of nitrogens with one attached hydrogen (secondary N) is 2. The number of hydrogen-bond donors (Lipinski definition) is 2. The van der Waals surface area contributed by atoms with E-state index in [1.165, 1.54) is 0 Å². The monoisotopic (exact) mass is 291 g/mol. The summed E-state index contributed by atoms with van der Waals surface area (Å²) in [7, 11) is 1.81. The van der Waals surface area contributed by atoms with Gasteiger partial charge in [0.2, 0.25) is 0 Å². The summed E-state index contributed by atoms with van der Waals surface area (Å²) in [5.74, 6) is 0.664. The molecule has 2 heterocycles. The van der Waals surface area contributed by atoms with Crippen LogP contribution in [0.1, 0.15) is 49.2 Å². The van der Waals surface area contributed by atoms with E-state index >= 15 is 0 Å². The topological polar surface area (TPSA) is 63.2 Å². The third-order valence-electron chi connectivity index (χ3n) is 3.83. The predicted molar refractivity (Wildman–Crippen MR) is 83.7 cm³/mol. The van der Waals surface area contributed by atoms with Crippen LogP contribution in [0.25, 0.3) is 0 Å². The molecule has 1 fully saturated rings. The maximum absolute atomic E-state index is 12.3. The summed E-state index contributed by atoms with van der Waals surface area (Å²) in [6.45, 7) is 5.48. The number of pyridine rings is 1. The SMILES string of the molecule is CCCc1cc(C(=O)NCC2(C)CCCO2)cc(NC)n1. The van der Waals surface area contributed by atoms with E-state index in [0.29, 0.717) is 12.1 Å². The summed E-state index contributed by atoms with van der Waals surface area (Å²) in [6.07, 6.45) is 3.93. The molecule has 1 saturated heterocycles. The minimum absolute atomic E-state index is 0.0667. The lowest BCUT2D eigenvalue weighted by Gasteiger charge is -2.23. The fourth-order valence-electron chi connectivity index (χ4n) is 2.58. The zero-order valence-electron chi connectivity index (χ0n) is 13.2. The molecular weight excluding hydrogens is 266 g/mol. The van der Waals surface area contributed by atoms with Gasteiger partial charge in [-0.15, -0.1) is 0 Å². The van der Waals surface area contributed by atoms with E-state index in [9.17, 15) is 4.79 Å². The van der Waals surface area contributed by atoms with E-state index in [-0.39, 0.29) is 11.5 Å². The fraction of sp³-hybridized carbons (Fsp3) is 0.625. The highest BCUT2D eigenvalue weighted by atomic mass is 16.5. The zero-order valence-corrected chi connectivity index (χ0v) is 13.2. The molecule has 5 heteroatoms. The first kappa shape index (κ1) is 15.8. The van der Waals surface area contributed by atoms with Gasteiger partial charge in [-0.05, 0) is 38.3 Å². The van der Waals surface area contributed by atoms with Crippen LogP contribution in [0.5, 0.6) is 0 Å². The zero-order chi connectivity index (χ0) is 15.3. The minimum Gasteiger partial charge on any atom is -0.373 e. The van der Waals surface area contributed by atoms with Crippen LogP contribution >= 0.6 is 0 Å². The average molecular weight is 291 g/mol. The molecule has 1 aliphatic rings. The van der Waals surface area contributed by atoms with Crippen molar-refractivity contribution in [1.82, 2.24) is 10.3 Å². The van der Waals surface area contributed by atoms with Gasteiger partial charge < -0.3 is 15.4 Å². The van der Waals surface area contributed by atoms with Crippen LogP contribution in [0, 0.1) is 0 Å². The molecule has 1 unspecified atom stereocenters. The standard InChI is InChI=1S/C16H25N3O2/c1-4-6-13-9-12(10-14(17-3)19-13)15(20)18-11-16(2)7-5-8-21-16/h9-10H,4-8,11H2,1-3H3,(H,17,19)(H,18,20). The lowest BCUT2D eigenvalue weighted by Crippen LogP contribution is -2.40. The summed E-state index contributed by atoms with van der Waals surface area (Å²) >= 11 is 0. The molecule has 1 aromatic heterocycles. The highest BCUT2D eigenvalue weighted by Gasteiger charge is 2.30. The number of hydrogen-bond acceptors (Lipinski definition) is 4. The van der Waals surface area contributed by atoms with Gasteiger partial charge in [0.05, 0.1) is 5.60 Å². The smallest absolute Gasteiger partial charge is 0.251 e. The molecule has 1 aromatic rings. The maximum Gasteiger partial charge on any atom is 0.251 e. The van der Waals surface area contributed by atoms with Crippen molar-refractivity contribution in [1.29, 1.82) is 0 Å². The van der Waals surface area contributed by atoms with Gasteiger partial charge in [-0.2, -0.15) is 0 Å². The van der Waals surface area contributed by atoms with Crippen LogP contribution in [0.2, 0.25) is 0 Å². The molecule has 1 atom stereocenters. The van der Waals surface area contributed by atoms with Gasteiger partial charge in [0.25, 0.3) is 5.91 Å². The molecule has 116 valence electrons. The second-order valence-electron chi connectivity index (χ2n) is 5.82. The number of amides is 1. The van der Waals surface area contributed by atoms with Gasteiger partial charge in [0, 0.05) is 31.5 Å². The first-order valence-corrected chi connectivity index (χ1v) is 7.67. The Labute approximate surface area is 126 Å². The van der Waals surface area contributed by atoms with Crippen molar-refractivity contribution < 1.29 is 9.53 Å². The quantitative estimate of drug-likeness (QED) is 0.844. The molecule has 0 aromatic carbocycles. The summed E-state index contributed by atoms with van der Waals surface area (Å²) in [4.78, 5) is 16.8. The van der Waals surface area contributed by atoms with Crippen molar-refractivity contribution in [3.63, 3.8) is 0 Å². The van der Waals surface area contributed by atoms with Gasteiger partial charge in [0.15, 0.2) is 0 Å². The van der Waals surface area contributed by atoms with Gasteiger partial charge >= 0.3 is 0 Å². The van der Waals surface area contributed by atoms with E-state index in [1.54, 1.807) is 6.07 Å². The highest BCUT2D eigenvalue weighted by molar-refractivity contribution is 5.95. The van der Waals surface area contributed by atoms with Crippen molar-refractivity contribution in [2.24, 2.45) is 0 Å². The lowest BCUT2D eigenvalue weighted by molar-refractivity contribution is 0.0206. The first-order chi connectivity index (χ1) is 10.1. The van der Waals surface area contributed by atoms with Crippen LogP contribution in [-0.2, 0) is 11.2 Å². The predicted octanol–water partition coefficient (Wildman–Crippen LogP) is 2.37. The summed E-state index contributed by atoms with van der Waals surface area (Å²) in [5.41, 5.74) is 1.37. The fourth-order valence-corrected chi connectivity index (χ4v) is 2.58. The summed E-state index contributed by atoms with van der Waals surface area (Å²) in [6, 6.07) is 3.66. The Bertz CT molecular complexity index is 496. The van der Waals surface area contributed by atoms with Gasteiger partial charge in [-0.3, -0.25) is 4.79 Å². The lowest BCUT2D eigenvalue weighted by atomic mass is 10.0. The van der Waals surface area contributed by atoms with Gasteiger partial charge in [0.1, 0.15) is 5.82 Å². The van der Waals surface area contributed by atoms with Crippen molar-refractivity contribution in [2.75, 3.05) is 25.5 Å². The Morgan fingerprint density at radius 2 is 2.29 bits per heavy atom. The van der Waals surface area contributed by atoms with Crippen LogP contribution in [0.3, 0.4) is 0 Å². The molecule has 5 nitrogen and oxygen atoms in total. The van der Waals surface area contributed by atoms with E-state index in [2.05, 4.69) is 22.5 Å². The third-order valence-corrected chi connectivity index (χ3v) is 3.83. The molecule has 0 spiro atoms. The van der Waals surface area contributed by atoms with Gasteiger partial charge in [-0.1, -0.05) is 13.3 Å².